The van der Waals surface area contributed by atoms with Gasteiger partial charge in [-0.2, -0.15) is 0 Å². The van der Waals surface area contributed by atoms with E-state index in [1.54, 1.807) is 17.4 Å². The van der Waals surface area contributed by atoms with Crippen LogP contribution in [0, 0.1) is 6.92 Å². The molecule has 0 fully saturated rings. The van der Waals surface area contributed by atoms with Gasteiger partial charge in [-0.25, -0.2) is 8.78 Å². The van der Waals surface area contributed by atoms with Crippen molar-refractivity contribution in [1.29, 1.82) is 0 Å². The SMILES string of the molecule is Cc1sc(-c2ccnc(C(F)F)c2)cc1Br. The van der Waals surface area contributed by atoms with Gasteiger partial charge in [-0.1, -0.05) is 0 Å². The van der Waals surface area contributed by atoms with E-state index in [1.165, 1.54) is 12.3 Å². The Morgan fingerprint density at radius 2 is 2.12 bits per heavy atom. The van der Waals surface area contributed by atoms with Gasteiger partial charge in [0.25, 0.3) is 6.43 Å². The lowest BCUT2D eigenvalue weighted by Gasteiger charge is -2.01. The summed E-state index contributed by atoms with van der Waals surface area (Å²) in [5.74, 6) is 0. The molecule has 2 aromatic heterocycles. The second-order valence-corrected chi connectivity index (χ2v) is 5.40. The molecule has 0 aliphatic rings. The highest BCUT2D eigenvalue weighted by atomic mass is 79.9. The molecule has 16 heavy (non-hydrogen) atoms. The zero-order chi connectivity index (χ0) is 11.7. The zero-order valence-electron chi connectivity index (χ0n) is 8.38. The quantitative estimate of drug-likeness (QED) is 0.775. The molecule has 0 radical (unpaired) electrons. The first-order chi connectivity index (χ1) is 7.58. The second kappa shape index (κ2) is 4.59. The van der Waals surface area contributed by atoms with Gasteiger partial charge in [-0.15, -0.1) is 11.3 Å². The van der Waals surface area contributed by atoms with Crippen molar-refractivity contribution >= 4 is 27.3 Å². The Labute approximate surface area is 104 Å². The topological polar surface area (TPSA) is 12.9 Å². The number of aryl methyl sites for hydroxylation is 1. The van der Waals surface area contributed by atoms with Gasteiger partial charge >= 0.3 is 0 Å². The molecule has 0 N–H and O–H groups in total. The van der Waals surface area contributed by atoms with E-state index in [4.69, 9.17) is 0 Å². The summed E-state index contributed by atoms with van der Waals surface area (Å²) in [6, 6.07) is 5.11. The summed E-state index contributed by atoms with van der Waals surface area (Å²) in [5, 5.41) is 0. The van der Waals surface area contributed by atoms with E-state index in [1.807, 2.05) is 13.0 Å². The highest BCUT2D eigenvalue weighted by molar-refractivity contribution is 9.10. The number of hydrogen-bond acceptors (Lipinski definition) is 2. The van der Waals surface area contributed by atoms with E-state index in [0.717, 1.165) is 19.8 Å². The minimum absolute atomic E-state index is 0.181. The molecular formula is C11H8BrF2NS. The molecule has 84 valence electrons. The lowest BCUT2D eigenvalue weighted by molar-refractivity contribution is 0.146. The van der Waals surface area contributed by atoms with Gasteiger partial charge < -0.3 is 0 Å². The van der Waals surface area contributed by atoms with Crippen molar-refractivity contribution in [2.75, 3.05) is 0 Å². The maximum Gasteiger partial charge on any atom is 0.280 e. The first kappa shape index (κ1) is 11.7. The number of nitrogens with zero attached hydrogens (tertiary/aromatic N) is 1. The van der Waals surface area contributed by atoms with Crippen molar-refractivity contribution in [3.63, 3.8) is 0 Å². The standard InChI is InChI=1S/C11H8BrF2NS/c1-6-8(12)5-10(16-6)7-2-3-15-9(4-7)11(13)14/h2-5,11H,1H3. The van der Waals surface area contributed by atoms with Crippen LogP contribution in [0.5, 0.6) is 0 Å². The highest BCUT2D eigenvalue weighted by Gasteiger charge is 2.11. The number of pyridine rings is 1. The average Bonchev–Trinajstić information content (AvgIpc) is 2.59. The molecule has 0 spiro atoms. The van der Waals surface area contributed by atoms with Crippen LogP contribution in [-0.4, -0.2) is 4.98 Å². The van der Waals surface area contributed by atoms with Crippen LogP contribution in [0.2, 0.25) is 0 Å². The van der Waals surface area contributed by atoms with E-state index in [9.17, 15) is 8.78 Å². The molecule has 0 amide bonds. The van der Waals surface area contributed by atoms with Crippen LogP contribution >= 0.6 is 27.3 Å². The molecule has 0 aliphatic carbocycles. The Bertz CT molecular complexity index is 491. The third kappa shape index (κ3) is 2.30. The fourth-order valence-corrected chi connectivity index (χ4v) is 2.85. The summed E-state index contributed by atoms with van der Waals surface area (Å²) in [6.07, 6.45) is -1.11. The van der Waals surface area contributed by atoms with Crippen LogP contribution in [0.3, 0.4) is 0 Å². The molecular weight excluding hydrogens is 296 g/mol. The van der Waals surface area contributed by atoms with Crippen molar-refractivity contribution in [3.05, 3.63) is 39.4 Å². The van der Waals surface area contributed by atoms with E-state index < -0.39 is 6.43 Å². The van der Waals surface area contributed by atoms with Crippen LogP contribution in [0.4, 0.5) is 8.78 Å². The van der Waals surface area contributed by atoms with Crippen LogP contribution in [0.1, 0.15) is 17.0 Å². The van der Waals surface area contributed by atoms with Crippen molar-refractivity contribution in [2.24, 2.45) is 0 Å². The molecule has 2 heterocycles. The smallest absolute Gasteiger partial charge is 0.255 e. The van der Waals surface area contributed by atoms with E-state index >= 15 is 0 Å². The summed E-state index contributed by atoms with van der Waals surface area (Å²) < 4.78 is 26.0. The van der Waals surface area contributed by atoms with E-state index in [2.05, 4.69) is 20.9 Å². The summed E-state index contributed by atoms with van der Waals surface area (Å²) in [4.78, 5) is 5.73. The molecule has 0 saturated heterocycles. The van der Waals surface area contributed by atoms with Gasteiger partial charge in [0.15, 0.2) is 0 Å². The van der Waals surface area contributed by atoms with Crippen LogP contribution in [0.25, 0.3) is 10.4 Å². The number of hydrogen-bond donors (Lipinski definition) is 0. The molecule has 0 saturated carbocycles. The predicted octanol–water partition coefficient (Wildman–Crippen LogP) is 4.82. The maximum absolute atomic E-state index is 12.5. The largest absolute Gasteiger partial charge is 0.280 e. The zero-order valence-corrected chi connectivity index (χ0v) is 10.8. The molecule has 0 aliphatic heterocycles. The number of halogens is 3. The number of alkyl halides is 2. The third-order valence-corrected chi connectivity index (χ3v) is 4.33. The third-order valence-electron chi connectivity index (χ3n) is 2.15. The Morgan fingerprint density at radius 1 is 1.38 bits per heavy atom. The fourth-order valence-electron chi connectivity index (χ4n) is 1.32. The summed E-state index contributed by atoms with van der Waals surface area (Å²) in [5.41, 5.74) is 0.601. The first-order valence-corrected chi connectivity index (χ1v) is 6.19. The molecule has 0 bridgehead atoms. The van der Waals surface area contributed by atoms with Gasteiger partial charge in [0, 0.05) is 20.4 Å². The van der Waals surface area contributed by atoms with E-state index in [0.29, 0.717) is 0 Å². The number of rotatable bonds is 2. The van der Waals surface area contributed by atoms with Crippen molar-refractivity contribution in [2.45, 2.75) is 13.3 Å². The molecule has 2 rings (SSSR count). The summed E-state index contributed by atoms with van der Waals surface area (Å²) in [7, 11) is 0. The van der Waals surface area contributed by atoms with Gasteiger partial charge in [0.05, 0.1) is 0 Å². The maximum atomic E-state index is 12.5. The van der Waals surface area contributed by atoms with Crippen LogP contribution in [-0.2, 0) is 0 Å². The predicted molar refractivity (Wildman–Crippen MR) is 64.9 cm³/mol. The van der Waals surface area contributed by atoms with Crippen molar-refractivity contribution in [1.82, 2.24) is 4.98 Å². The fraction of sp³-hybridized carbons (Fsp3) is 0.182. The van der Waals surface area contributed by atoms with Gasteiger partial charge in [-0.3, -0.25) is 4.98 Å². The average molecular weight is 304 g/mol. The van der Waals surface area contributed by atoms with E-state index in [-0.39, 0.29) is 5.69 Å². The highest BCUT2D eigenvalue weighted by Crippen LogP contribution is 2.34. The lowest BCUT2D eigenvalue weighted by atomic mass is 10.2. The van der Waals surface area contributed by atoms with Gasteiger partial charge in [0.2, 0.25) is 0 Å². The normalized spacial score (nSPS) is 11.1. The molecule has 0 aromatic carbocycles. The number of thiophene rings is 1. The minimum Gasteiger partial charge on any atom is -0.255 e. The Morgan fingerprint density at radius 3 is 2.69 bits per heavy atom. The first-order valence-electron chi connectivity index (χ1n) is 4.58. The molecule has 5 heteroatoms. The Kier molecular flexibility index (Phi) is 3.35. The van der Waals surface area contributed by atoms with Crippen molar-refractivity contribution in [3.8, 4) is 10.4 Å². The number of aromatic nitrogens is 1. The molecule has 2 aromatic rings. The van der Waals surface area contributed by atoms with Crippen LogP contribution < -0.4 is 0 Å². The molecule has 0 atom stereocenters. The van der Waals surface area contributed by atoms with Gasteiger partial charge in [0.1, 0.15) is 5.69 Å². The summed E-state index contributed by atoms with van der Waals surface area (Å²) >= 11 is 4.98. The summed E-state index contributed by atoms with van der Waals surface area (Å²) in [6.45, 7) is 1.98. The van der Waals surface area contributed by atoms with Crippen LogP contribution in [0.15, 0.2) is 28.9 Å². The van der Waals surface area contributed by atoms with Crippen molar-refractivity contribution < 1.29 is 8.78 Å². The Balaban J connectivity index is 2.44. The minimum atomic E-state index is -2.52. The monoisotopic (exact) mass is 303 g/mol. The lowest BCUT2D eigenvalue weighted by Crippen LogP contribution is -1.89. The molecule has 0 unspecified atom stereocenters. The Hall–Kier alpha value is -0.810. The van der Waals surface area contributed by atoms with Gasteiger partial charge in [-0.05, 0) is 46.6 Å². The second-order valence-electron chi connectivity index (χ2n) is 3.28. The molecule has 1 nitrogen and oxygen atoms in total.